The van der Waals surface area contributed by atoms with Crippen molar-refractivity contribution >= 4 is 5.91 Å². The van der Waals surface area contributed by atoms with Crippen molar-refractivity contribution in [3.63, 3.8) is 0 Å². The first-order chi connectivity index (χ1) is 28.7. The first-order valence-corrected chi connectivity index (χ1v) is 25.5. The Morgan fingerprint density at radius 2 is 0.724 bits per heavy atom. The third kappa shape index (κ3) is 45.2. The van der Waals surface area contributed by atoms with Crippen LogP contribution in [0.5, 0.6) is 0 Å². The van der Waals surface area contributed by atoms with E-state index < -0.39 is 12.1 Å². The maximum Gasteiger partial charge on any atom is 0.220 e. The summed E-state index contributed by atoms with van der Waals surface area (Å²) in [7, 11) is 0. The van der Waals surface area contributed by atoms with Crippen LogP contribution in [-0.2, 0) is 4.79 Å². The second-order valence-electron chi connectivity index (χ2n) is 17.2. The monoisotopic (exact) mass is 810 g/mol. The second kappa shape index (κ2) is 49.5. The van der Waals surface area contributed by atoms with Crippen molar-refractivity contribution < 1.29 is 15.0 Å². The van der Waals surface area contributed by atoms with Gasteiger partial charge in [-0.3, -0.25) is 4.79 Å². The molecule has 2 atom stereocenters. The lowest BCUT2D eigenvalue weighted by atomic mass is 10.0. The molecule has 338 valence electrons. The minimum absolute atomic E-state index is 0.0822. The number of hydrogen-bond donors (Lipinski definition) is 3. The third-order valence-corrected chi connectivity index (χ3v) is 11.5. The second-order valence-corrected chi connectivity index (χ2v) is 17.2. The standard InChI is InChI=1S/C54H99NO3/c1-3-5-7-9-11-13-15-17-19-21-23-25-26-27-28-30-31-33-35-37-39-41-43-45-47-49-53(57)52(51-56)55-54(58)50-48-46-44-42-40-38-36-34-32-29-24-22-20-18-16-14-12-10-8-6-4-2/h16,18,22,24,31,33,39,41,47,49,52-53,56-57H,3-15,17,19-21,23,25-30,32,34-38,40,42-46,48,50-51H2,1-2H3,(H,55,58)/b18-16-,24-22-,33-31+,41-39+,49-47+. The van der Waals surface area contributed by atoms with Crippen LogP contribution in [0.25, 0.3) is 0 Å². The summed E-state index contributed by atoms with van der Waals surface area (Å²) in [4.78, 5) is 12.4. The molecule has 3 N–H and O–H groups in total. The van der Waals surface area contributed by atoms with E-state index in [2.05, 4.69) is 67.8 Å². The van der Waals surface area contributed by atoms with Crippen molar-refractivity contribution in [2.45, 2.75) is 270 Å². The molecule has 58 heavy (non-hydrogen) atoms. The van der Waals surface area contributed by atoms with Crippen LogP contribution in [-0.4, -0.2) is 34.9 Å². The van der Waals surface area contributed by atoms with Crippen LogP contribution in [0.2, 0.25) is 0 Å². The van der Waals surface area contributed by atoms with Gasteiger partial charge in [-0.05, 0) is 77.0 Å². The average Bonchev–Trinajstić information content (AvgIpc) is 3.23. The van der Waals surface area contributed by atoms with Crippen LogP contribution < -0.4 is 5.32 Å². The number of hydrogen-bond acceptors (Lipinski definition) is 3. The van der Waals surface area contributed by atoms with Gasteiger partial charge in [0.15, 0.2) is 0 Å². The van der Waals surface area contributed by atoms with Crippen molar-refractivity contribution in [3.05, 3.63) is 60.8 Å². The molecule has 2 unspecified atom stereocenters. The number of carbonyl (C=O) groups is 1. The molecule has 4 nitrogen and oxygen atoms in total. The quantitative estimate of drug-likeness (QED) is 0.0424. The van der Waals surface area contributed by atoms with Gasteiger partial charge in [0.25, 0.3) is 0 Å². The molecule has 0 spiro atoms. The Labute approximate surface area is 362 Å². The van der Waals surface area contributed by atoms with Crippen molar-refractivity contribution in [1.29, 1.82) is 0 Å². The summed E-state index contributed by atoms with van der Waals surface area (Å²) in [5, 5.41) is 23.1. The molecule has 0 bridgehead atoms. The zero-order valence-electron chi connectivity index (χ0n) is 38.8. The number of amides is 1. The predicted octanol–water partition coefficient (Wildman–Crippen LogP) is 16.5. The molecule has 4 heteroatoms. The number of aliphatic hydroxyl groups excluding tert-OH is 2. The highest BCUT2D eigenvalue weighted by Gasteiger charge is 2.17. The van der Waals surface area contributed by atoms with Gasteiger partial charge in [0, 0.05) is 6.42 Å². The lowest BCUT2D eigenvalue weighted by molar-refractivity contribution is -0.123. The molecule has 0 radical (unpaired) electrons. The lowest BCUT2D eigenvalue weighted by Gasteiger charge is -2.19. The topological polar surface area (TPSA) is 69.6 Å². The average molecular weight is 810 g/mol. The summed E-state index contributed by atoms with van der Waals surface area (Å²) >= 11 is 0. The molecule has 0 aromatic heterocycles. The van der Waals surface area contributed by atoms with E-state index in [0.717, 1.165) is 44.9 Å². The molecular weight excluding hydrogens is 711 g/mol. The minimum atomic E-state index is -0.875. The van der Waals surface area contributed by atoms with Gasteiger partial charge in [-0.2, -0.15) is 0 Å². The summed E-state index contributed by atoms with van der Waals surface area (Å²) < 4.78 is 0. The molecule has 0 heterocycles. The molecule has 0 aliphatic carbocycles. The Morgan fingerprint density at radius 3 is 1.10 bits per heavy atom. The molecule has 0 aromatic carbocycles. The molecule has 0 rings (SSSR count). The summed E-state index contributed by atoms with van der Waals surface area (Å²) in [5.41, 5.74) is 0. The molecule has 1 amide bonds. The fourth-order valence-electron chi connectivity index (χ4n) is 7.54. The number of nitrogens with one attached hydrogen (secondary N) is 1. The third-order valence-electron chi connectivity index (χ3n) is 11.5. The van der Waals surface area contributed by atoms with Crippen LogP contribution in [0.1, 0.15) is 258 Å². The van der Waals surface area contributed by atoms with Crippen LogP contribution in [0.4, 0.5) is 0 Å². The number of allylic oxidation sites excluding steroid dienone is 9. The highest BCUT2D eigenvalue weighted by atomic mass is 16.3. The van der Waals surface area contributed by atoms with Gasteiger partial charge < -0.3 is 15.5 Å². The number of rotatable bonds is 46. The first-order valence-electron chi connectivity index (χ1n) is 25.5. The van der Waals surface area contributed by atoms with Crippen molar-refractivity contribution in [3.8, 4) is 0 Å². The van der Waals surface area contributed by atoms with Gasteiger partial charge in [-0.1, -0.05) is 235 Å². The van der Waals surface area contributed by atoms with Gasteiger partial charge in [0.1, 0.15) is 0 Å². The maximum absolute atomic E-state index is 12.4. The zero-order chi connectivity index (χ0) is 42.1. The van der Waals surface area contributed by atoms with Crippen LogP contribution >= 0.6 is 0 Å². The SMILES string of the molecule is CCCCCCC/C=C\C/C=C\CCCCCCCCCCCC(=O)NC(CO)C(O)/C=C/CC/C=C/CC/C=C/CCCCCCCCCCCCCCCCC. The lowest BCUT2D eigenvalue weighted by Crippen LogP contribution is -2.45. The fraction of sp³-hybridized carbons (Fsp3) is 0.796. The van der Waals surface area contributed by atoms with Crippen molar-refractivity contribution in [1.82, 2.24) is 5.32 Å². The van der Waals surface area contributed by atoms with E-state index in [4.69, 9.17) is 0 Å². The Kier molecular flexibility index (Phi) is 47.8. The normalized spacial score (nSPS) is 13.4. The van der Waals surface area contributed by atoms with Crippen molar-refractivity contribution in [2.75, 3.05) is 6.61 Å². The molecular formula is C54H99NO3. The summed E-state index contributed by atoms with van der Waals surface area (Å²) in [6, 6.07) is -0.650. The fourth-order valence-corrected chi connectivity index (χ4v) is 7.54. The molecule has 0 fully saturated rings. The summed E-state index contributed by atoms with van der Waals surface area (Å²) in [6.45, 7) is 4.29. The van der Waals surface area contributed by atoms with Gasteiger partial charge in [0.05, 0.1) is 18.8 Å². The highest BCUT2D eigenvalue weighted by Crippen LogP contribution is 2.15. The predicted molar refractivity (Wildman–Crippen MR) is 258 cm³/mol. The van der Waals surface area contributed by atoms with E-state index in [1.807, 2.05) is 6.08 Å². The Hall–Kier alpha value is -1.91. The van der Waals surface area contributed by atoms with Crippen LogP contribution in [0, 0.1) is 0 Å². The smallest absolute Gasteiger partial charge is 0.220 e. The Bertz CT molecular complexity index is 965. The zero-order valence-corrected chi connectivity index (χ0v) is 38.8. The van der Waals surface area contributed by atoms with E-state index in [9.17, 15) is 15.0 Å². The van der Waals surface area contributed by atoms with Gasteiger partial charge >= 0.3 is 0 Å². The number of aliphatic hydroxyl groups is 2. The van der Waals surface area contributed by atoms with E-state index >= 15 is 0 Å². The van der Waals surface area contributed by atoms with Gasteiger partial charge in [-0.15, -0.1) is 0 Å². The Morgan fingerprint density at radius 1 is 0.414 bits per heavy atom. The van der Waals surface area contributed by atoms with E-state index in [1.54, 1.807) is 6.08 Å². The number of unbranched alkanes of at least 4 members (excludes halogenated alkanes) is 31. The molecule has 0 aliphatic rings. The largest absolute Gasteiger partial charge is 0.394 e. The molecule has 0 aromatic rings. The van der Waals surface area contributed by atoms with Crippen LogP contribution in [0.15, 0.2) is 60.8 Å². The van der Waals surface area contributed by atoms with Crippen molar-refractivity contribution in [2.24, 2.45) is 0 Å². The summed E-state index contributed by atoms with van der Waals surface area (Å²) in [5.74, 6) is -0.0822. The van der Waals surface area contributed by atoms with Gasteiger partial charge in [-0.25, -0.2) is 0 Å². The summed E-state index contributed by atoms with van der Waals surface area (Å²) in [6.07, 6.45) is 69.3. The van der Waals surface area contributed by atoms with Crippen LogP contribution in [0.3, 0.4) is 0 Å². The minimum Gasteiger partial charge on any atom is -0.394 e. The molecule has 0 saturated heterocycles. The molecule has 0 aliphatic heterocycles. The number of carbonyl (C=O) groups excluding carboxylic acids is 1. The first kappa shape index (κ1) is 56.1. The molecule has 0 saturated carbocycles. The van der Waals surface area contributed by atoms with E-state index in [-0.39, 0.29) is 12.5 Å². The van der Waals surface area contributed by atoms with E-state index in [0.29, 0.717) is 6.42 Å². The van der Waals surface area contributed by atoms with Gasteiger partial charge in [0.2, 0.25) is 5.91 Å². The van der Waals surface area contributed by atoms with E-state index in [1.165, 1.54) is 193 Å². The Balaban J connectivity index is 3.61. The maximum atomic E-state index is 12.4. The highest BCUT2D eigenvalue weighted by molar-refractivity contribution is 5.76.